The smallest absolute Gasteiger partial charge is 0.326 e. The number of urea groups is 1. The molecule has 0 radical (unpaired) electrons. The average Bonchev–Trinajstić information content (AvgIpc) is 2.87. The number of nitrogens with zero attached hydrogens (tertiary/aromatic N) is 2. The van der Waals surface area contributed by atoms with Gasteiger partial charge in [0, 0.05) is 19.3 Å². The van der Waals surface area contributed by atoms with E-state index in [1.165, 1.54) is 34.1 Å². The summed E-state index contributed by atoms with van der Waals surface area (Å²) in [6.07, 6.45) is 1.15. The first-order valence-electron chi connectivity index (χ1n) is 6.03. The van der Waals surface area contributed by atoms with Crippen LogP contribution >= 0.6 is 0 Å². The molecule has 1 heterocycles. The Labute approximate surface area is 110 Å². The van der Waals surface area contributed by atoms with E-state index in [9.17, 15) is 14.0 Å². The van der Waals surface area contributed by atoms with E-state index >= 15 is 0 Å². The van der Waals surface area contributed by atoms with E-state index in [1.54, 1.807) is 7.05 Å². The summed E-state index contributed by atoms with van der Waals surface area (Å²) in [4.78, 5) is 26.0. The van der Waals surface area contributed by atoms with Crippen LogP contribution in [0.3, 0.4) is 0 Å². The number of rotatable bonds is 2. The number of hydrogen-bond acceptors (Lipinski definition) is 2. The summed E-state index contributed by atoms with van der Waals surface area (Å²) in [5, 5.41) is 9.06. The Hall–Kier alpha value is -2.11. The second-order valence-corrected chi connectivity index (χ2v) is 4.51. The van der Waals surface area contributed by atoms with Crippen molar-refractivity contribution in [2.24, 2.45) is 0 Å². The highest BCUT2D eigenvalue weighted by molar-refractivity contribution is 5.94. The molecule has 1 fully saturated rings. The SMILES string of the molecule is CN(C(=O)N1CCC[C@@H]1C(=O)O)c1ccc(F)cc1. The molecule has 0 saturated carbocycles. The standard InChI is InChI=1S/C13H15FN2O3/c1-15(10-6-4-9(14)5-7-10)13(19)16-8-2-3-11(16)12(17)18/h4-7,11H,2-3,8H2,1H3,(H,17,18)/t11-/m1/s1. The fraction of sp³-hybridized carbons (Fsp3) is 0.385. The third-order valence-electron chi connectivity index (χ3n) is 3.28. The van der Waals surface area contributed by atoms with Crippen LogP contribution in [-0.2, 0) is 4.79 Å². The third-order valence-corrected chi connectivity index (χ3v) is 3.28. The number of carbonyl (C=O) groups is 2. The van der Waals surface area contributed by atoms with Crippen LogP contribution in [0.5, 0.6) is 0 Å². The van der Waals surface area contributed by atoms with E-state index in [1.807, 2.05) is 0 Å². The molecule has 6 heteroatoms. The van der Waals surface area contributed by atoms with Crippen molar-refractivity contribution < 1.29 is 19.1 Å². The summed E-state index contributed by atoms with van der Waals surface area (Å²) in [5.74, 6) is -1.37. The molecule has 1 atom stereocenters. The number of aliphatic carboxylic acids is 1. The fourth-order valence-corrected chi connectivity index (χ4v) is 2.22. The maximum atomic E-state index is 12.8. The molecule has 2 amide bonds. The van der Waals surface area contributed by atoms with E-state index in [0.717, 1.165) is 0 Å². The lowest BCUT2D eigenvalue weighted by molar-refractivity contribution is -0.141. The van der Waals surface area contributed by atoms with E-state index in [-0.39, 0.29) is 11.8 Å². The first kappa shape index (κ1) is 13.3. The van der Waals surface area contributed by atoms with Gasteiger partial charge in [0.25, 0.3) is 0 Å². The number of anilines is 1. The molecule has 102 valence electrons. The molecular weight excluding hydrogens is 251 g/mol. The predicted molar refractivity (Wildman–Crippen MR) is 67.6 cm³/mol. The van der Waals surface area contributed by atoms with Gasteiger partial charge < -0.3 is 10.0 Å². The number of carboxylic acids is 1. The maximum absolute atomic E-state index is 12.8. The Morgan fingerprint density at radius 3 is 2.58 bits per heavy atom. The Bertz CT molecular complexity index is 489. The van der Waals surface area contributed by atoms with Crippen molar-refractivity contribution in [2.45, 2.75) is 18.9 Å². The van der Waals surface area contributed by atoms with E-state index < -0.39 is 12.0 Å². The molecule has 1 N–H and O–H groups in total. The Balaban J connectivity index is 2.14. The van der Waals surface area contributed by atoms with E-state index in [4.69, 9.17) is 5.11 Å². The molecule has 1 aliphatic rings. The summed E-state index contributed by atoms with van der Waals surface area (Å²) in [6.45, 7) is 0.432. The van der Waals surface area contributed by atoms with Crippen molar-refractivity contribution in [1.82, 2.24) is 4.90 Å². The van der Waals surface area contributed by atoms with Crippen molar-refractivity contribution >= 4 is 17.7 Å². The number of amides is 2. The molecular formula is C13H15FN2O3. The minimum atomic E-state index is -0.988. The molecule has 0 unspecified atom stereocenters. The van der Waals surface area contributed by atoms with Crippen LogP contribution in [0, 0.1) is 5.82 Å². The zero-order valence-electron chi connectivity index (χ0n) is 10.5. The van der Waals surface area contributed by atoms with Gasteiger partial charge in [-0.05, 0) is 37.1 Å². The van der Waals surface area contributed by atoms with Crippen LogP contribution in [0.2, 0.25) is 0 Å². The maximum Gasteiger partial charge on any atom is 0.326 e. The highest BCUT2D eigenvalue weighted by atomic mass is 19.1. The Kier molecular flexibility index (Phi) is 3.69. The summed E-state index contributed by atoms with van der Waals surface area (Å²) < 4.78 is 12.8. The monoisotopic (exact) mass is 266 g/mol. The van der Waals surface area contributed by atoms with Gasteiger partial charge in [-0.15, -0.1) is 0 Å². The molecule has 1 aliphatic heterocycles. The highest BCUT2D eigenvalue weighted by Gasteiger charge is 2.35. The predicted octanol–water partition coefficient (Wildman–Crippen LogP) is 1.93. The van der Waals surface area contributed by atoms with Crippen LogP contribution < -0.4 is 4.90 Å². The molecule has 0 bridgehead atoms. The first-order valence-corrected chi connectivity index (χ1v) is 6.03. The zero-order chi connectivity index (χ0) is 14.0. The Morgan fingerprint density at radius 1 is 1.37 bits per heavy atom. The van der Waals surface area contributed by atoms with E-state index in [0.29, 0.717) is 25.1 Å². The quantitative estimate of drug-likeness (QED) is 0.889. The second kappa shape index (κ2) is 5.26. The molecule has 1 aromatic rings. The molecule has 0 aromatic heterocycles. The van der Waals surface area contributed by atoms with Gasteiger partial charge in [-0.25, -0.2) is 14.0 Å². The summed E-state index contributed by atoms with van der Waals surface area (Å²) in [6, 6.07) is 4.35. The lowest BCUT2D eigenvalue weighted by atomic mass is 10.2. The van der Waals surface area contributed by atoms with Gasteiger partial charge >= 0.3 is 12.0 Å². The van der Waals surface area contributed by atoms with Gasteiger partial charge in [0.1, 0.15) is 11.9 Å². The van der Waals surface area contributed by atoms with Crippen LogP contribution in [0.25, 0.3) is 0 Å². The number of hydrogen-bond donors (Lipinski definition) is 1. The van der Waals surface area contributed by atoms with Crippen molar-refractivity contribution in [1.29, 1.82) is 0 Å². The van der Waals surface area contributed by atoms with Crippen LogP contribution in [0.15, 0.2) is 24.3 Å². The lowest BCUT2D eigenvalue weighted by Gasteiger charge is -2.27. The van der Waals surface area contributed by atoms with Gasteiger partial charge in [-0.2, -0.15) is 0 Å². The number of carbonyl (C=O) groups excluding carboxylic acids is 1. The summed E-state index contributed by atoms with van der Waals surface area (Å²) in [7, 11) is 1.55. The fourth-order valence-electron chi connectivity index (χ4n) is 2.22. The third kappa shape index (κ3) is 2.67. The second-order valence-electron chi connectivity index (χ2n) is 4.51. The number of benzene rings is 1. The molecule has 1 saturated heterocycles. The van der Waals surface area contributed by atoms with Gasteiger partial charge in [0.15, 0.2) is 0 Å². The number of likely N-dealkylation sites (tertiary alicyclic amines) is 1. The van der Waals surface area contributed by atoms with Gasteiger partial charge in [-0.3, -0.25) is 4.90 Å². The molecule has 19 heavy (non-hydrogen) atoms. The average molecular weight is 266 g/mol. The first-order chi connectivity index (χ1) is 9.00. The molecule has 1 aromatic carbocycles. The van der Waals surface area contributed by atoms with Crippen molar-refractivity contribution in [3.63, 3.8) is 0 Å². The van der Waals surface area contributed by atoms with Gasteiger partial charge in [-0.1, -0.05) is 0 Å². The minimum absolute atomic E-state index is 0.378. The molecule has 0 aliphatic carbocycles. The van der Waals surface area contributed by atoms with Crippen molar-refractivity contribution in [3.8, 4) is 0 Å². The molecule has 2 rings (SSSR count). The highest BCUT2D eigenvalue weighted by Crippen LogP contribution is 2.22. The molecule has 5 nitrogen and oxygen atoms in total. The topological polar surface area (TPSA) is 60.9 Å². The van der Waals surface area contributed by atoms with E-state index in [2.05, 4.69) is 0 Å². The summed E-state index contributed by atoms with van der Waals surface area (Å²) in [5.41, 5.74) is 0.530. The van der Waals surface area contributed by atoms with Crippen LogP contribution in [0.4, 0.5) is 14.9 Å². The van der Waals surface area contributed by atoms with Crippen molar-refractivity contribution in [3.05, 3.63) is 30.1 Å². The minimum Gasteiger partial charge on any atom is -0.480 e. The largest absolute Gasteiger partial charge is 0.480 e. The van der Waals surface area contributed by atoms with Gasteiger partial charge in [0.2, 0.25) is 0 Å². The molecule has 0 spiro atoms. The lowest BCUT2D eigenvalue weighted by Crippen LogP contribution is -2.46. The number of carboxylic acid groups (broad SMARTS) is 1. The van der Waals surface area contributed by atoms with Crippen molar-refractivity contribution in [2.75, 3.05) is 18.5 Å². The van der Waals surface area contributed by atoms with Gasteiger partial charge in [0.05, 0.1) is 0 Å². The van der Waals surface area contributed by atoms with Crippen LogP contribution in [-0.4, -0.2) is 41.6 Å². The number of halogens is 1. The zero-order valence-corrected chi connectivity index (χ0v) is 10.5. The summed E-state index contributed by atoms with van der Waals surface area (Å²) >= 11 is 0. The van der Waals surface area contributed by atoms with Crippen LogP contribution in [0.1, 0.15) is 12.8 Å². The Morgan fingerprint density at radius 2 is 2.00 bits per heavy atom. The normalized spacial score (nSPS) is 18.4.